The lowest BCUT2D eigenvalue weighted by atomic mass is 9.98. The third-order valence-corrected chi connectivity index (χ3v) is 3.29. The Kier molecular flexibility index (Phi) is 6.22. The molecule has 0 aromatic heterocycles. The number of nitrogens with zero attached hydrogens (tertiary/aromatic N) is 2. The van der Waals surface area contributed by atoms with E-state index < -0.39 is 0 Å². The lowest BCUT2D eigenvalue weighted by molar-refractivity contribution is 0.165. The van der Waals surface area contributed by atoms with Crippen molar-refractivity contribution in [3.8, 4) is 0 Å². The summed E-state index contributed by atoms with van der Waals surface area (Å²) in [5.74, 6) is 0.881. The molecule has 1 aliphatic heterocycles. The fourth-order valence-corrected chi connectivity index (χ4v) is 2.48. The molecule has 90 valence electrons. The van der Waals surface area contributed by atoms with Crippen molar-refractivity contribution in [1.29, 1.82) is 0 Å². The van der Waals surface area contributed by atoms with Gasteiger partial charge in [0, 0.05) is 13.1 Å². The molecule has 1 unspecified atom stereocenters. The number of hydrogen-bond donors (Lipinski definition) is 1. The normalized spacial score (nSPS) is 23.6. The van der Waals surface area contributed by atoms with Crippen molar-refractivity contribution in [3.63, 3.8) is 0 Å². The van der Waals surface area contributed by atoms with Gasteiger partial charge in [0.2, 0.25) is 0 Å². The van der Waals surface area contributed by atoms with Crippen molar-refractivity contribution < 1.29 is 0 Å². The van der Waals surface area contributed by atoms with Crippen LogP contribution in [0, 0.1) is 5.92 Å². The van der Waals surface area contributed by atoms with Crippen LogP contribution in [0.15, 0.2) is 0 Å². The van der Waals surface area contributed by atoms with Gasteiger partial charge in [-0.05, 0) is 65.3 Å². The molecule has 0 aromatic carbocycles. The predicted molar refractivity (Wildman–Crippen MR) is 66.0 cm³/mol. The van der Waals surface area contributed by atoms with E-state index in [-0.39, 0.29) is 0 Å². The highest BCUT2D eigenvalue weighted by Crippen LogP contribution is 2.15. The van der Waals surface area contributed by atoms with Gasteiger partial charge >= 0.3 is 0 Å². The van der Waals surface area contributed by atoms with Gasteiger partial charge in [0.25, 0.3) is 0 Å². The highest BCUT2D eigenvalue weighted by atomic mass is 15.1. The standard InChI is InChI=1S/C12H27N3/c1-14(8-4-3-7-13)10-12-6-5-9-15(2)11-12/h12H,3-11,13H2,1-2H3. The molecule has 1 aliphatic rings. The molecule has 3 heteroatoms. The molecular weight excluding hydrogens is 186 g/mol. The quantitative estimate of drug-likeness (QED) is 0.668. The summed E-state index contributed by atoms with van der Waals surface area (Å²) < 4.78 is 0. The van der Waals surface area contributed by atoms with E-state index >= 15 is 0 Å². The molecule has 0 saturated carbocycles. The maximum Gasteiger partial charge on any atom is 0.00188 e. The molecule has 1 atom stereocenters. The second-order valence-corrected chi connectivity index (χ2v) is 5.03. The number of hydrogen-bond acceptors (Lipinski definition) is 3. The highest BCUT2D eigenvalue weighted by molar-refractivity contribution is 4.73. The Balaban J connectivity index is 2.10. The number of unbranched alkanes of at least 4 members (excludes halogenated alkanes) is 1. The predicted octanol–water partition coefficient (Wildman–Crippen LogP) is 0.999. The topological polar surface area (TPSA) is 32.5 Å². The molecule has 2 N–H and O–H groups in total. The van der Waals surface area contributed by atoms with E-state index in [0.29, 0.717) is 0 Å². The SMILES string of the molecule is CN(CCCCN)CC1CCCN(C)C1. The Morgan fingerprint density at radius 2 is 2.20 bits per heavy atom. The monoisotopic (exact) mass is 213 g/mol. The van der Waals surface area contributed by atoms with Crippen molar-refractivity contribution in [2.24, 2.45) is 11.7 Å². The van der Waals surface area contributed by atoms with E-state index in [4.69, 9.17) is 5.73 Å². The molecule has 0 amide bonds. The van der Waals surface area contributed by atoms with Crippen LogP contribution in [0.4, 0.5) is 0 Å². The first-order chi connectivity index (χ1) is 7.22. The molecule has 3 nitrogen and oxygen atoms in total. The zero-order chi connectivity index (χ0) is 11.1. The Bertz CT molecular complexity index is 161. The van der Waals surface area contributed by atoms with Gasteiger partial charge in [0.05, 0.1) is 0 Å². The summed E-state index contributed by atoms with van der Waals surface area (Å²) in [6.45, 7) is 5.86. The van der Waals surface area contributed by atoms with E-state index in [0.717, 1.165) is 18.9 Å². The zero-order valence-corrected chi connectivity index (χ0v) is 10.4. The molecule has 0 aromatic rings. The third kappa shape index (κ3) is 5.50. The largest absolute Gasteiger partial charge is 0.330 e. The summed E-state index contributed by atoms with van der Waals surface area (Å²) in [5.41, 5.74) is 5.49. The van der Waals surface area contributed by atoms with Crippen LogP contribution in [0.5, 0.6) is 0 Å². The number of piperidine rings is 1. The number of rotatable bonds is 6. The van der Waals surface area contributed by atoms with E-state index in [9.17, 15) is 0 Å². The highest BCUT2D eigenvalue weighted by Gasteiger charge is 2.18. The Hall–Kier alpha value is -0.120. The van der Waals surface area contributed by atoms with Crippen LogP contribution in [0.2, 0.25) is 0 Å². The van der Waals surface area contributed by atoms with Crippen molar-refractivity contribution in [2.45, 2.75) is 25.7 Å². The second kappa shape index (κ2) is 7.20. The van der Waals surface area contributed by atoms with Crippen LogP contribution in [-0.4, -0.2) is 56.6 Å². The van der Waals surface area contributed by atoms with Gasteiger partial charge in [0.15, 0.2) is 0 Å². The van der Waals surface area contributed by atoms with E-state index in [2.05, 4.69) is 23.9 Å². The van der Waals surface area contributed by atoms with Crippen molar-refractivity contribution in [1.82, 2.24) is 9.80 Å². The van der Waals surface area contributed by atoms with Gasteiger partial charge in [-0.1, -0.05) is 0 Å². The number of nitrogens with two attached hydrogens (primary N) is 1. The smallest absolute Gasteiger partial charge is 0.00188 e. The first kappa shape index (κ1) is 12.9. The van der Waals surface area contributed by atoms with Crippen LogP contribution in [-0.2, 0) is 0 Å². The summed E-state index contributed by atoms with van der Waals surface area (Å²) in [5, 5.41) is 0. The average Bonchev–Trinajstić information content (AvgIpc) is 2.18. The maximum absolute atomic E-state index is 5.49. The summed E-state index contributed by atoms with van der Waals surface area (Å²) >= 11 is 0. The van der Waals surface area contributed by atoms with Gasteiger partial charge in [-0.25, -0.2) is 0 Å². The molecular formula is C12H27N3. The van der Waals surface area contributed by atoms with Crippen LogP contribution in [0.25, 0.3) is 0 Å². The average molecular weight is 213 g/mol. The molecule has 1 heterocycles. The third-order valence-electron chi connectivity index (χ3n) is 3.29. The van der Waals surface area contributed by atoms with Gasteiger partial charge in [0.1, 0.15) is 0 Å². The fraction of sp³-hybridized carbons (Fsp3) is 1.00. The minimum Gasteiger partial charge on any atom is -0.330 e. The number of likely N-dealkylation sites (tertiary alicyclic amines) is 1. The molecule has 1 rings (SSSR count). The van der Waals surface area contributed by atoms with Gasteiger partial charge in [-0.3, -0.25) is 0 Å². The molecule has 0 bridgehead atoms. The second-order valence-electron chi connectivity index (χ2n) is 5.03. The Labute approximate surface area is 94.6 Å². The van der Waals surface area contributed by atoms with E-state index in [1.807, 2.05) is 0 Å². The summed E-state index contributed by atoms with van der Waals surface area (Å²) in [6.07, 6.45) is 5.19. The van der Waals surface area contributed by atoms with Gasteiger partial charge < -0.3 is 15.5 Å². The molecule has 0 aliphatic carbocycles. The summed E-state index contributed by atoms with van der Waals surface area (Å²) in [6, 6.07) is 0. The lowest BCUT2D eigenvalue weighted by Gasteiger charge is -2.32. The van der Waals surface area contributed by atoms with Crippen molar-refractivity contribution >= 4 is 0 Å². The van der Waals surface area contributed by atoms with Crippen LogP contribution in [0.1, 0.15) is 25.7 Å². The minimum atomic E-state index is 0.833. The maximum atomic E-state index is 5.49. The van der Waals surface area contributed by atoms with Crippen molar-refractivity contribution in [2.75, 3.05) is 46.8 Å². The Morgan fingerprint density at radius 3 is 2.87 bits per heavy atom. The fourth-order valence-electron chi connectivity index (χ4n) is 2.48. The lowest BCUT2D eigenvalue weighted by Crippen LogP contribution is -2.38. The van der Waals surface area contributed by atoms with Crippen LogP contribution >= 0.6 is 0 Å². The van der Waals surface area contributed by atoms with E-state index in [1.54, 1.807) is 0 Å². The summed E-state index contributed by atoms with van der Waals surface area (Å²) in [7, 11) is 4.48. The first-order valence-electron chi connectivity index (χ1n) is 6.29. The van der Waals surface area contributed by atoms with E-state index in [1.165, 1.54) is 45.4 Å². The molecule has 1 fully saturated rings. The first-order valence-corrected chi connectivity index (χ1v) is 6.29. The zero-order valence-electron chi connectivity index (χ0n) is 10.4. The van der Waals surface area contributed by atoms with Gasteiger partial charge in [-0.15, -0.1) is 0 Å². The van der Waals surface area contributed by atoms with Crippen LogP contribution in [0.3, 0.4) is 0 Å². The summed E-state index contributed by atoms with van der Waals surface area (Å²) in [4.78, 5) is 4.93. The van der Waals surface area contributed by atoms with Crippen LogP contribution < -0.4 is 5.73 Å². The van der Waals surface area contributed by atoms with Gasteiger partial charge in [-0.2, -0.15) is 0 Å². The Morgan fingerprint density at radius 1 is 1.40 bits per heavy atom. The molecule has 15 heavy (non-hydrogen) atoms. The van der Waals surface area contributed by atoms with Crippen molar-refractivity contribution in [3.05, 3.63) is 0 Å². The molecule has 0 spiro atoms. The molecule has 0 radical (unpaired) electrons. The minimum absolute atomic E-state index is 0.833. The molecule has 1 saturated heterocycles.